The van der Waals surface area contributed by atoms with Crippen LogP contribution < -0.4 is 9.47 Å². The van der Waals surface area contributed by atoms with Gasteiger partial charge in [-0.3, -0.25) is 9.69 Å². The summed E-state index contributed by atoms with van der Waals surface area (Å²) < 4.78 is 16.5. The Balaban J connectivity index is 1.36. The van der Waals surface area contributed by atoms with E-state index >= 15 is 0 Å². The molecule has 2 heterocycles. The van der Waals surface area contributed by atoms with Crippen molar-refractivity contribution >= 4 is 35.1 Å². The van der Waals surface area contributed by atoms with Crippen LogP contribution in [0.15, 0.2) is 111 Å². The van der Waals surface area contributed by atoms with E-state index in [1.807, 2.05) is 60.7 Å². The first-order valence-corrected chi connectivity index (χ1v) is 12.9. The lowest BCUT2D eigenvalue weighted by atomic mass is 10.2. The lowest BCUT2D eigenvalue weighted by molar-refractivity contribution is -0.122. The number of nitrogens with zero attached hydrogens (tertiary/aromatic N) is 3. The highest BCUT2D eigenvalue weighted by Gasteiger charge is 2.34. The second-order valence-corrected chi connectivity index (χ2v) is 9.50. The number of aromatic hydroxyl groups is 1. The predicted molar refractivity (Wildman–Crippen MR) is 152 cm³/mol. The van der Waals surface area contributed by atoms with Crippen molar-refractivity contribution in [1.82, 2.24) is 4.90 Å². The highest BCUT2D eigenvalue weighted by Crippen LogP contribution is 2.34. The first-order valence-electron chi connectivity index (χ1n) is 12.1. The van der Waals surface area contributed by atoms with E-state index in [1.54, 1.807) is 30.5 Å². The summed E-state index contributed by atoms with van der Waals surface area (Å²) in [7, 11) is 1.47. The highest BCUT2D eigenvalue weighted by molar-refractivity contribution is 8.18. The van der Waals surface area contributed by atoms with Crippen LogP contribution in [-0.2, 0) is 17.9 Å². The minimum absolute atomic E-state index is 0.0341. The van der Waals surface area contributed by atoms with Gasteiger partial charge in [0.15, 0.2) is 16.7 Å². The molecule has 9 heteroatoms. The number of carbonyl (C=O) groups excluding carboxylic acids is 1. The number of phenolic OH excluding ortho intramolecular Hbond substituents is 1. The summed E-state index contributed by atoms with van der Waals surface area (Å²) in [5.41, 5.74) is 2.59. The third-order valence-corrected chi connectivity index (χ3v) is 6.74. The van der Waals surface area contributed by atoms with Gasteiger partial charge in [-0.15, -0.1) is 5.10 Å². The van der Waals surface area contributed by atoms with E-state index < -0.39 is 0 Å². The van der Waals surface area contributed by atoms with Crippen LogP contribution in [0, 0.1) is 0 Å². The zero-order valence-electron chi connectivity index (χ0n) is 21.1. The molecular weight excluding hydrogens is 514 g/mol. The molecule has 1 aliphatic rings. The molecule has 1 aliphatic heterocycles. The van der Waals surface area contributed by atoms with Crippen molar-refractivity contribution in [2.75, 3.05) is 7.11 Å². The minimum atomic E-state index is -0.202. The van der Waals surface area contributed by atoms with Crippen molar-refractivity contribution in [2.45, 2.75) is 13.2 Å². The van der Waals surface area contributed by atoms with Crippen molar-refractivity contribution in [1.29, 1.82) is 0 Å². The number of benzene rings is 3. The van der Waals surface area contributed by atoms with Crippen LogP contribution in [0.3, 0.4) is 0 Å². The Hall–Kier alpha value is -4.76. The molecule has 1 aromatic heterocycles. The van der Waals surface area contributed by atoms with Crippen molar-refractivity contribution in [2.24, 2.45) is 10.2 Å². The summed E-state index contributed by atoms with van der Waals surface area (Å²) >= 11 is 1.23. The second-order valence-electron chi connectivity index (χ2n) is 8.49. The van der Waals surface area contributed by atoms with Gasteiger partial charge < -0.3 is 19.0 Å². The third kappa shape index (κ3) is 6.58. The number of thioether (sulfide) groups is 1. The number of amidine groups is 1. The van der Waals surface area contributed by atoms with Crippen LogP contribution >= 0.6 is 11.8 Å². The van der Waals surface area contributed by atoms with E-state index in [0.29, 0.717) is 39.5 Å². The third-order valence-electron chi connectivity index (χ3n) is 5.74. The number of carbonyl (C=O) groups is 1. The number of hydrogen-bond donors (Lipinski definition) is 1. The number of phenols is 1. The molecule has 8 nitrogen and oxygen atoms in total. The molecule has 196 valence electrons. The Kier molecular flexibility index (Phi) is 8.09. The fourth-order valence-corrected chi connectivity index (χ4v) is 4.72. The van der Waals surface area contributed by atoms with Crippen LogP contribution in [0.2, 0.25) is 0 Å². The van der Waals surface area contributed by atoms with E-state index in [-0.39, 0.29) is 18.2 Å². The van der Waals surface area contributed by atoms with Crippen molar-refractivity contribution in [3.63, 3.8) is 0 Å². The van der Waals surface area contributed by atoms with Crippen molar-refractivity contribution in [3.8, 4) is 17.2 Å². The van der Waals surface area contributed by atoms with Gasteiger partial charge in [0.25, 0.3) is 5.91 Å². The van der Waals surface area contributed by atoms with Gasteiger partial charge in [0.1, 0.15) is 18.1 Å². The minimum Gasteiger partial charge on any atom is -0.504 e. The first-order chi connectivity index (χ1) is 19.1. The second kappa shape index (κ2) is 12.2. The van der Waals surface area contributed by atoms with Crippen molar-refractivity contribution < 1.29 is 23.8 Å². The van der Waals surface area contributed by atoms with E-state index in [0.717, 1.165) is 11.1 Å². The molecule has 0 unspecified atom stereocenters. The average Bonchev–Trinajstić information content (AvgIpc) is 3.58. The van der Waals surface area contributed by atoms with Crippen LogP contribution in [0.1, 0.15) is 22.5 Å². The lowest BCUT2D eigenvalue weighted by Gasteiger charge is -2.12. The summed E-state index contributed by atoms with van der Waals surface area (Å²) in [6.45, 7) is 0.672. The van der Waals surface area contributed by atoms with Crippen molar-refractivity contribution in [3.05, 3.63) is 119 Å². The SMILES string of the molecule is COc1cc(/C=N\N=C2\S/C(=C\c3cccc(OCc4ccccc4)c3)C(=O)N2Cc2ccco2)ccc1O. The normalized spacial score (nSPS) is 15.5. The van der Waals surface area contributed by atoms with Gasteiger partial charge in [0.05, 0.1) is 31.0 Å². The van der Waals surface area contributed by atoms with Gasteiger partial charge in [0.2, 0.25) is 0 Å². The largest absolute Gasteiger partial charge is 0.504 e. The molecule has 4 aromatic rings. The maximum absolute atomic E-state index is 13.4. The first kappa shape index (κ1) is 25.9. The van der Waals surface area contributed by atoms with Gasteiger partial charge in [-0.25, -0.2) is 0 Å². The molecule has 5 rings (SSSR count). The van der Waals surface area contributed by atoms with E-state index in [1.165, 1.54) is 36.1 Å². The zero-order chi connectivity index (χ0) is 27.0. The topological polar surface area (TPSA) is 96.9 Å². The smallest absolute Gasteiger partial charge is 0.267 e. The van der Waals surface area contributed by atoms with Gasteiger partial charge in [0, 0.05) is 0 Å². The molecule has 0 bridgehead atoms. The van der Waals surface area contributed by atoms with E-state index in [2.05, 4.69) is 10.2 Å². The molecule has 1 N–H and O–H groups in total. The van der Waals surface area contributed by atoms with Gasteiger partial charge in [-0.2, -0.15) is 5.10 Å². The molecule has 0 saturated carbocycles. The summed E-state index contributed by atoms with van der Waals surface area (Å²) in [4.78, 5) is 15.4. The Morgan fingerprint density at radius 2 is 1.87 bits per heavy atom. The van der Waals surface area contributed by atoms with Gasteiger partial charge >= 0.3 is 0 Å². The summed E-state index contributed by atoms with van der Waals surface area (Å²) in [5.74, 6) is 1.50. The monoisotopic (exact) mass is 539 g/mol. The van der Waals surface area contributed by atoms with Gasteiger partial charge in [-0.05, 0) is 77.0 Å². The molecule has 1 amide bonds. The standard InChI is InChI=1S/C30H25N3O5S/c1-36-27-16-23(12-13-26(27)34)18-31-32-30-33(19-25-11-6-14-37-25)29(35)28(39-30)17-22-9-5-10-24(15-22)38-20-21-7-3-2-4-8-21/h2-18,34H,19-20H2,1H3/b28-17-,31-18-,32-30+. The Morgan fingerprint density at radius 3 is 2.67 bits per heavy atom. The molecule has 1 fully saturated rings. The van der Waals surface area contributed by atoms with Crippen LogP contribution in [0.4, 0.5) is 0 Å². The highest BCUT2D eigenvalue weighted by atomic mass is 32.2. The number of hydrogen-bond acceptors (Lipinski definition) is 8. The molecule has 0 radical (unpaired) electrons. The maximum Gasteiger partial charge on any atom is 0.267 e. The molecule has 0 spiro atoms. The fourth-order valence-electron chi connectivity index (χ4n) is 3.79. The fraction of sp³-hybridized carbons (Fsp3) is 0.100. The number of amides is 1. The zero-order valence-corrected chi connectivity index (χ0v) is 21.9. The number of rotatable bonds is 9. The predicted octanol–water partition coefficient (Wildman–Crippen LogP) is 6.08. The number of methoxy groups -OCH3 is 1. The Labute approximate surface area is 229 Å². The molecule has 0 atom stereocenters. The molecule has 1 saturated heterocycles. The molecule has 0 aliphatic carbocycles. The lowest BCUT2D eigenvalue weighted by Crippen LogP contribution is -2.28. The Morgan fingerprint density at radius 1 is 1.00 bits per heavy atom. The van der Waals surface area contributed by atoms with Crippen LogP contribution in [0.5, 0.6) is 17.2 Å². The summed E-state index contributed by atoms with van der Waals surface area (Å²) in [6, 6.07) is 25.9. The molecule has 39 heavy (non-hydrogen) atoms. The summed E-state index contributed by atoms with van der Waals surface area (Å²) in [6.07, 6.45) is 4.91. The van der Waals surface area contributed by atoms with Gasteiger partial charge in [-0.1, -0.05) is 42.5 Å². The Bertz CT molecular complexity index is 1530. The van der Waals surface area contributed by atoms with E-state index in [9.17, 15) is 9.90 Å². The van der Waals surface area contributed by atoms with E-state index in [4.69, 9.17) is 13.9 Å². The average molecular weight is 540 g/mol. The van der Waals surface area contributed by atoms with Crippen LogP contribution in [0.25, 0.3) is 6.08 Å². The quantitative estimate of drug-likeness (QED) is 0.157. The summed E-state index contributed by atoms with van der Waals surface area (Å²) in [5, 5.41) is 18.7. The number of ether oxygens (including phenoxy) is 2. The molecule has 3 aromatic carbocycles. The molecular formula is C30H25N3O5S. The maximum atomic E-state index is 13.4. The van der Waals surface area contributed by atoms with Crippen LogP contribution in [-0.4, -0.2) is 34.4 Å². The number of furan rings is 1.